The van der Waals surface area contributed by atoms with Crippen molar-refractivity contribution in [1.29, 1.82) is 5.26 Å². The van der Waals surface area contributed by atoms with E-state index in [2.05, 4.69) is 35.2 Å². The highest BCUT2D eigenvalue weighted by atomic mass is 16.5. The van der Waals surface area contributed by atoms with Crippen LogP contribution in [0.5, 0.6) is 0 Å². The van der Waals surface area contributed by atoms with Crippen LogP contribution in [-0.4, -0.2) is 34.2 Å². The Morgan fingerprint density at radius 3 is 2.61 bits per heavy atom. The predicted octanol–water partition coefficient (Wildman–Crippen LogP) is 4.22. The lowest BCUT2D eigenvalue weighted by Crippen LogP contribution is -2.33. The molecule has 4 rings (SSSR count). The molecule has 164 valence electrons. The molecule has 1 aromatic heterocycles. The number of aromatic amines is 1. The van der Waals surface area contributed by atoms with Gasteiger partial charge in [0.25, 0.3) is 5.91 Å². The van der Waals surface area contributed by atoms with Gasteiger partial charge in [-0.25, -0.2) is 4.98 Å². The summed E-state index contributed by atoms with van der Waals surface area (Å²) < 4.78 is 5.44. The topological polar surface area (TPSA) is 111 Å². The Morgan fingerprint density at radius 1 is 1.26 bits per heavy atom. The molecule has 2 aromatic rings. The van der Waals surface area contributed by atoms with E-state index in [0.717, 1.165) is 42.5 Å². The molecule has 1 amide bonds. The van der Waals surface area contributed by atoms with Crippen LogP contribution in [-0.2, 0) is 10.3 Å². The highest BCUT2D eigenvalue weighted by molar-refractivity contribution is 6.02. The van der Waals surface area contributed by atoms with Gasteiger partial charge in [0.15, 0.2) is 5.82 Å². The zero-order valence-corrected chi connectivity index (χ0v) is 18.2. The van der Waals surface area contributed by atoms with Gasteiger partial charge in [0.1, 0.15) is 11.8 Å². The first-order valence-electron chi connectivity index (χ1n) is 11.0. The van der Waals surface area contributed by atoms with Gasteiger partial charge in [0, 0.05) is 31.7 Å². The number of aromatic nitrogens is 2. The molecule has 0 spiro atoms. The number of ether oxygens (including phenoxy) is 1. The van der Waals surface area contributed by atoms with Crippen molar-refractivity contribution in [2.24, 2.45) is 5.41 Å². The van der Waals surface area contributed by atoms with Crippen LogP contribution in [0.1, 0.15) is 85.7 Å². The maximum Gasteiger partial charge on any atom is 0.291 e. The van der Waals surface area contributed by atoms with Crippen LogP contribution < -0.4 is 5.32 Å². The number of amides is 1. The Kier molecular flexibility index (Phi) is 5.87. The molecule has 1 aliphatic heterocycles. The molecule has 0 radical (unpaired) electrons. The lowest BCUT2D eigenvalue weighted by molar-refractivity contribution is -0.0679. The number of imidazole rings is 1. The summed E-state index contributed by atoms with van der Waals surface area (Å²) in [4.78, 5) is 19.5. The fraction of sp³-hybridized carbons (Fsp3) is 0.542. The lowest BCUT2D eigenvalue weighted by atomic mass is 9.70. The van der Waals surface area contributed by atoms with E-state index in [1.165, 1.54) is 6.20 Å². The molecule has 1 saturated carbocycles. The van der Waals surface area contributed by atoms with Gasteiger partial charge in [0.2, 0.25) is 0 Å². The minimum absolute atomic E-state index is 0.111. The van der Waals surface area contributed by atoms with E-state index in [0.29, 0.717) is 37.4 Å². The van der Waals surface area contributed by atoms with Crippen molar-refractivity contribution in [3.63, 3.8) is 0 Å². The fourth-order valence-corrected chi connectivity index (χ4v) is 4.69. The van der Waals surface area contributed by atoms with Crippen LogP contribution in [0.15, 0.2) is 24.4 Å². The monoisotopic (exact) mass is 422 g/mol. The fourth-order valence-electron chi connectivity index (χ4n) is 4.69. The number of nitrogens with one attached hydrogen (secondary N) is 2. The molecule has 2 aliphatic rings. The first-order chi connectivity index (χ1) is 14.8. The lowest BCUT2D eigenvalue weighted by Gasteiger charge is -2.37. The van der Waals surface area contributed by atoms with E-state index in [1.807, 2.05) is 18.2 Å². The largest absolute Gasteiger partial charge is 0.385 e. The van der Waals surface area contributed by atoms with E-state index in [1.54, 1.807) is 0 Å². The van der Waals surface area contributed by atoms with Crippen LogP contribution in [0.3, 0.4) is 0 Å². The summed E-state index contributed by atoms with van der Waals surface area (Å²) in [5, 5.41) is 23.2. The second-order valence-corrected chi connectivity index (χ2v) is 9.60. The molecule has 1 aliphatic carbocycles. The first-order valence-corrected chi connectivity index (χ1v) is 11.0. The highest BCUT2D eigenvalue weighted by Crippen LogP contribution is 2.45. The van der Waals surface area contributed by atoms with Gasteiger partial charge >= 0.3 is 0 Å². The summed E-state index contributed by atoms with van der Waals surface area (Å²) in [5.41, 5.74) is 2.37. The zero-order chi connectivity index (χ0) is 22.1. The molecule has 1 saturated heterocycles. The molecular weight excluding hydrogens is 392 g/mol. The quantitative estimate of drug-likeness (QED) is 0.683. The molecular formula is C24H30N4O3. The van der Waals surface area contributed by atoms with Crippen molar-refractivity contribution >= 4 is 11.6 Å². The van der Waals surface area contributed by atoms with Gasteiger partial charge < -0.3 is 20.1 Å². The smallest absolute Gasteiger partial charge is 0.291 e. The van der Waals surface area contributed by atoms with E-state index < -0.39 is 5.60 Å². The van der Waals surface area contributed by atoms with Crippen LogP contribution >= 0.6 is 0 Å². The molecule has 0 unspecified atom stereocenters. The van der Waals surface area contributed by atoms with Gasteiger partial charge in [-0.15, -0.1) is 0 Å². The number of hydrogen-bond acceptors (Lipinski definition) is 5. The van der Waals surface area contributed by atoms with Crippen LogP contribution in [0.25, 0.3) is 0 Å². The van der Waals surface area contributed by atoms with E-state index in [9.17, 15) is 9.90 Å². The van der Waals surface area contributed by atoms with Crippen molar-refractivity contribution in [3.8, 4) is 6.07 Å². The number of nitriles is 1. The maximum absolute atomic E-state index is 12.8. The molecule has 2 heterocycles. The minimum Gasteiger partial charge on any atom is -0.385 e. The van der Waals surface area contributed by atoms with Crippen molar-refractivity contribution in [3.05, 3.63) is 47.0 Å². The second-order valence-electron chi connectivity index (χ2n) is 9.60. The summed E-state index contributed by atoms with van der Waals surface area (Å²) in [6.45, 7) is 5.69. The number of rotatable bonds is 4. The van der Waals surface area contributed by atoms with Crippen LogP contribution in [0.2, 0.25) is 0 Å². The van der Waals surface area contributed by atoms with Gasteiger partial charge in [-0.05, 0) is 54.2 Å². The molecule has 0 bridgehead atoms. The summed E-state index contributed by atoms with van der Waals surface area (Å²) in [7, 11) is 0. The number of benzene rings is 1. The number of hydrogen-bond donors (Lipinski definition) is 3. The number of H-pyrrole nitrogens is 1. The van der Waals surface area contributed by atoms with Gasteiger partial charge in [-0.3, -0.25) is 4.79 Å². The third-order valence-corrected chi connectivity index (χ3v) is 6.85. The summed E-state index contributed by atoms with van der Waals surface area (Å²) >= 11 is 0. The van der Waals surface area contributed by atoms with Crippen molar-refractivity contribution in [2.75, 3.05) is 18.5 Å². The number of carbonyl (C=O) groups is 1. The van der Waals surface area contributed by atoms with E-state index >= 15 is 0 Å². The standard InChI is InChI=1S/C24H30N4O3/c1-23(2)7-5-16(6-8-23)19-13-17(24(30)9-11-31-12-10-24)3-4-20(19)28-22(29)21-26-15-18(14-25)27-21/h3-4,13,15-16,30H,5-12H2,1-2H3,(H,26,27)(H,28,29). The van der Waals surface area contributed by atoms with Crippen molar-refractivity contribution in [2.45, 2.75) is 63.9 Å². The van der Waals surface area contributed by atoms with Gasteiger partial charge in [0.05, 0.1) is 11.8 Å². The van der Waals surface area contributed by atoms with Gasteiger partial charge in [-0.2, -0.15) is 5.26 Å². The normalized spacial score (nSPS) is 20.7. The molecule has 31 heavy (non-hydrogen) atoms. The summed E-state index contributed by atoms with van der Waals surface area (Å²) in [6.07, 6.45) is 6.82. The van der Waals surface area contributed by atoms with E-state index in [4.69, 9.17) is 10.00 Å². The molecule has 3 N–H and O–H groups in total. The van der Waals surface area contributed by atoms with Crippen LogP contribution in [0, 0.1) is 16.7 Å². The van der Waals surface area contributed by atoms with E-state index in [-0.39, 0.29) is 17.4 Å². The first kappa shape index (κ1) is 21.5. The van der Waals surface area contributed by atoms with Crippen molar-refractivity contribution in [1.82, 2.24) is 9.97 Å². The molecule has 2 fully saturated rings. The summed E-state index contributed by atoms with van der Waals surface area (Å²) in [6, 6.07) is 7.82. The Labute approximate surface area is 182 Å². The third kappa shape index (κ3) is 4.65. The summed E-state index contributed by atoms with van der Waals surface area (Å²) in [5.74, 6) is 0.0498. The number of anilines is 1. The predicted molar refractivity (Wildman–Crippen MR) is 117 cm³/mol. The molecule has 7 nitrogen and oxygen atoms in total. The van der Waals surface area contributed by atoms with Crippen LogP contribution in [0.4, 0.5) is 5.69 Å². The Hall–Kier alpha value is -2.69. The average molecular weight is 423 g/mol. The Bertz CT molecular complexity index is 988. The zero-order valence-electron chi connectivity index (χ0n) is 18.2. The SMILES string of the molecule is CC1(C)CCC(c2cc(C3(O)CCOCC3)ccc2NC(=O)c2ncc(C#N)[nH]2)CC1. The second kappa shape index (κ2) is 8.45. The molecule has 7 heteroatoms. The van der Waals surface area contributed by atoms with Gasteiger partial charge in [-0.1, -0.05) is 26.0 Å². The number of aliphatic hydroxyl groups is 1. The van der Waals surface area contributed by atoms with Crippen molar-refractivity contribution < 1.29 is 14.6 Å². The minimum atomic E-state index is -0.897. The third-order valence-electron chi connectivity index (χ3n) is 6.85. The Balaban J connectivity index is 1.65. The average Bonchev–Trinajstić information content (AvgIpc) is 3.24. The molecule has 0 atom stereocenters. The number of nitrogens with zero attached hydrogens (tertiary/aromatic N) is 2. The Morgan fingerprint density at radius 2 is 1.97 bits per heavy atom. The number of carbonyl (C=O) groups excluding carboxylic acids is 1. The molecule has 1 aromatic carbocycles. The highest BCUT2D eigenvalue weighted by Gasteiger charge is 2.34. The maximum atomic E-state index is 12.8.